The van der Waals surface area contributed by atoms with Crippen molar-refractivity contribution in [1.82, 2.24) is 15.1 Å². The SMILES string of the molecule is Cc1n[n+](C)nn1/N=C(\[O-])c1ccccc1. The summed E-state index contributed by atoms with van der Waals surface area (Å²) in [4.78, 5) is 2.58. The van der Waals surface area contributed by atoms with Gasteiger partial charge in [-0.2, -0.15) is 0 Å². The third-order valence-electron chi connectivity index (χ3n) is 2.00. The molecule has 0 unspecified atom stereocenters. The first kappa shape index (κ1) is 10.3. The second-order valence-corrected chi connectivity index (χ2v) is 3.29. The molecule has 1 heterocycles. The van der Waals surface area contributed by atoms with Crippen LogP contribution in [-0.2, 0) is 7.05 Å². The molecule has 0 atom stereocenters. The van der Waals surface area contributed by atoms with Crippen LogP contribution in [0.1, 0.15) is 11.4 Å². The molecule has 0 aliphatic heterocycles. The van der Waals surface area contributed by atoms with Crippen molar-refractivity contribution in [2.75, 3.05) is 0 Å². The average molecular weight is 217 g/mol. The number of aromatic nitrogens is 4. The van der Waals surface area contributed by atoms with Crippen LogP contribution in [0.15, 0.2) is 35.4 Å². The molecule has 2 rings (SSSR count). The Morgan fingerprint density at radius 3 is 2.62 bits per heavy atom. The highest BCUT2D eigenvalue weighted by Crippen LogP contribution is 1.98. The molecule has 1 aromatic carbocycles. The van der Waals surface area contributed by atoms with Gasteiger partial charge in [-0.05, 0) is 15.5 Å². The molecule has 0 N–H and O–H groups in total. The van der Waals surface area contributed by atoms with Gasteiger partial charge < -0.3 is 5.11 Å². The Balaban J connectivity index is 2.35. The van der Waals surface area contributed by atoms with Crippen LogP contribution in [0.25, 0.3) is 0 Å². The second kappa shape index (κ2) is 4.09. The van der Waals surface area contributed by atoms with Crippen molar-refractivity contribution >= 4 is 5.90 Å². The van der Waals surface area contributed by atoms with Gasteiger partial charge in [0.1, 0.15) is 12.3 Å². The molecular formula is C10H11N5O. The van der Waals surface area contributed by atoms with E-state index in [2.05, 4.69) is 15.4 Å². The summed E-state index contributed by atoms with van der Waals surface area (Å²) in [5, 5.41) is 23.4. The summed E-state index contributed by atoms with van der Waals surface area (Å²) >= 11 is 0. The molecule has 6 heteroatoms. The fraction of sp³-hybridized carbons (Fsp3) is 0.200. The molecule has 0 saturated heterocycles. The third-order valence-corrected chi connectivity index (χ3v) is 2.00. The van der Waals surface area contributed by atoms with Gasteiger partial charge in [0.2, 0.25) is 0 Å². The summed E-state index contributed by atoms with van der Waals surface area (Å²) in [6.07, 6.45) is 0. The maximum Gasteiger partial charge on any atom is 0.286 e. The third kappa shape index (κ3) is 2.05. The number of hydrogen-bond acceptors (Lipinski definition) is 4. The molecule has 0 aliphatic carbocycles. The van der Waals surface area contributed by atoms with Crippen LogP contribution in [0.3, 0.4) is 0 Å². The quantitative estimate of drug-likeness (QED) is 0.367. The van der Waals surface area contributed by atoms with Gasteiger partial charge >= 0.3 is 0 Å². The Morgan fingerprint density at radius 2 is 2.06 bits per heavy atom. The van der Waals surface area contributed by atoms with E-state index in [0.29, 0.717) is 11.4 Å². The maximum atomic E-state index is 11.7. The van der Waals surface area contributed by atoms with E-state index in [0.717, 1.165) is 0 Å². The molecule has 0 radical (unpaired) electrons. The van der Waals surface area contributed by atoms with Gasteiger partial charge in [0, 0.05) is 17.6 Å². The van der Waals surface area contributed by atoms with Crippen LogP contribution < -0.4 is 9.90 Å². The minimum Gasteiger partial charge on any atom is -0.856 e. The summed E-state index contributed by atoms with van der Waals surface area (Å²) in [5.74, 6) is 0.223. The molecule has 0 spiro atoms. The number of benzene rings is 1. The summed E-state index contributed by atoms with van der Waals surface area (Å²) < 4.78 is 0. The predicted molar refractivity (Wildman–Crippen MR) is 54.3 cm³/mol. The van der Waals surface area contributed by atoms with Crippen LogP contribution in [-0.4, -0.2) is 21.0 Å². The van der Waals surface area contributed by atoms with Gasteiger partial charge in [0.25, 0.3) is 5.82 Å². The normalized spacial score (nSPS) is 11.8. The largest absolute Gasteiger partial charge is 0.856 e. The van der Waals surface area contributed by atoms with Gasteiger partial charge in [-0.3, -0.25) is 0 Å². The minimum atomic E-state index is -0.339. The van der Waals surface area contributed by atoms with Gasteiger partial charge in [-0.15, -0.1) is 0 Å². The number of rotatable bonds is 2. The molecule has 0 fully saturated rings. The van der Waals surface area contributed by atoms with Crippen molar-refractivity contribution in [3.05, 3.63) is 41.7 Å². The number of hydrogen-bond donors (Lipinski definition) is 0. The van der Waals surface area contributed by atoms with Gasteiger partial charge in [0.15, 0.2) is 0 Å². The maximum absolute atomic E-state index is 11.7. The first-order valence-corrected chi connectivity index (χ1v) is 4.78. The topological polar surface area (TPSA) is 70.0 Å². The van der Waals surface area contributed by atoms with Crippen LogP contribution in [0, 0.1) is 6.92 Å². The zero-order valence-corrected chi connectivity index (χ0v) is 9.03. The van der Waals surface area contributed by atoms with Crippen LogP contribution in [0.5, 0.6) is 0 Å². The lowest BCUT2D eigenvalue weighted by molar-refractivity contribution is -0.785. The first-order chi connectivity index (χ1) is 7.66. The summed E-state index contributed by atoms with van der Waals surface area (Å²) in [6.45, 7) is 1.73. The Hall–Kier alpha value is -2.24. The molecular weight excluding hydrogens is 206 g/mol. The van der Waals surface area contributed by atoms with E-state index >= 15 is 0 Å². The van der Waals surface area contributed by atoms with E-state index in [-0.39, 0.29) is 5.90 Å². The number of nitrogens with zero attached hydrogens (tertiary/aromatic N) is 5. The van der Waals surface area contributed by atoms with Gasteiger partial charge in [-0.25, -0.2) is 0 Å². The standard InChI is InChI=1S/C10H11N5O/c1-8-11-14(2)13-15(8)12-10(16)9-6-4-3-5-7-9/h3-7H,1-2H3. The molecule has 0 saturated carbocycles. The Bertz CT molecular complexity index is 517. The van der Waals surface area contributed by atoms with Crippen molar-refractivity contribution in [2.45, 2.75) is 6.92 Å². The smallest absolute Gasteiger partial charge is 0.286 e. The minimum absolute atomic E-state index is 0.339. The van der Waals surface area contributed by atoms with Crippen molar-refractivity contribution in [3.63, 3.8) is 0 Å². The van der Waals surface area contributed by atoms with Gasteiger partial charge in [0.05, 0.1) is 0 Å². The van der Waals surface area contributed by atoms with Crippen molar-refractivity contribution < 1.29 is 9.90 Å². The average Bonchev–Trinajstić information content (AvgIpc) is 2.59. The van der Waals surface area contributed by atoms with Crippen molar-refractivity contribution in [1.29, 1.82) is 0 Å². The van der Waals surface area contributed by atoms with E-state index in [4.69, 9.17) is 0 Å². The molecule has 6 nitrogen and oxygen atoms in total. The van der Waals surface area contributed by atoms with E-state index < -0.39 is 0 Å². The van der Waals surface area contributed by atoms with Crippen molar-refractivity contribution in [2.24, 2.45) is 12.1 Å². The fourth-order valence-electron chi connectivity index (χ4n) is 1.27. The van der Waals surface area contributed by atoms with E-state index in [9.17, 15) is 5.11 Å². The Morgan fingerprint density at radius 1 is 1.38 bits per heavy atom. The molecule has 2 aromatic rings. The van der Waals surface area contributed by atoms with Crippen LogP contribution in [0.2, 0.25) is 0 Å². The summed E-state index contributed by atoms with van der Waals surface area (Å²) in [7, 11) is 1.67. The van der Waals surface area contributed by atoms with Crippen LogP contribution >= 0.6 is 0 Å². The lowest BCUT2D eigenvalue weighted by Gasteiger charge is -2.06. The van der Waals surface area contributed by atoms with Gasteiger partial charge in [-0.1, -0.05) is 35.4 Å². The monoisotopic (exact) mass is 217 g/mol. The highest BCUT2D eigenvalue weighted by atomic mass is 16.3. The molecule has 0 amide bonds. The lowest BCUT2D eigenvalue weighted by Crippen LogP contribution is -2.34. The number of aryl methyl sites for hydroxylation is 2. The summed E-state index contributed by atoms with van der Waals surface area (Å²) in [5.41, 5.74) is 0.528. The summed E-state index contributed by atoms with van der Waals surface area (Å²) in [6, 6.07) is 8.83. The highest BCUT2D eigenvalue weighted by molar-refractivity contribution is 5.90. The molecule has 0 bridgehead atoms. The van der Waals surface area contributed by atoms with E-state index in [1.807, 2.05) is 6.07 Å². The highest BCUT2D eigenvalue weighted by Gasteiger charge is 2.09. The zero-order chi connectivity index (χ0) is 11.5. The first-order valence-electron chi connectivity index (χ1n) is 4.78. The Kier molecular flexibility index (Phi) is 2.63. The lowest BCUT2D eigenvalue weighted by atomic mass is 10.2. The molecule has 16 heavy (non-hydrogen) atoms. The zero-order valence-electron chi connectivity index (χ0n) is 9.03. The second-order valence-electron chi connectivity index (χ2n) is 3.29. The number of tetrazole rings is 1. The predicted octanol–water partition coefficient (Wildman–Crippen LogP) is -1.02. The van der Waals surface area contributed by atoms with Crippen molar-refractivity contribution in [3.8, 4) is 0 Å². The van der Waals surface area contributed by atoms with E-state index in [1.54, 1.807) is 38.2 Å². The van der Waals surface area contributed by atoms with Crippen LogP contribution in [0.4, 0.5) is 0 Å². The Labute approximate surface area is 92.4 Å². The molecule has 1 aromatic heterocycles. The molecule has 0 aliphatic rings. The van der Waals surface area contributed by atoms with E-state index in [1.165, 1.54) is 9.59 Å². The fourth-order valence-corrected chi connectivity index (χ4v) is 1.27. The molecule has 82 valence electrons.